The van der Waals surface area contributed by atoms with Crippen molar-refractivity contribution in [1.82, 2.24) is 4.98 Å². The highest BCUT2D eigenvalue weighted by atomic mass is 32.2. The van der Waals surface area contributed by atoms with Gasteiger partial charge in [0, 0.05) is 6.42 Å². The highest BCUT2D eigenvalue weighted by Crippen LogP contribution is 2.42. The number of alkyl halides is 2. The van der Waals surface area contributed by atoms with Crippen LogP contribution in [0.15, 0.2) is 28.6 Å². The summed E-state index contributed by atoms with van der Waals surface area (Å²) in [7, 11) is 0. The third-order valence-electron chi connectivity index (χ3n) is 2.29. The number of fused-ring (bicyclic) bond motifs is 1. The summed E-state index contributed by atoms with van der Waals surface area (Å²) in [6.45, 7) is 0. The second-order valence-electron chi connectivity index (χ2n) is 3.84. The Morgan fingerprint density at radius 1 is 1.53 bits per heavy atom. The molecule has 0 bridgehead atoms. The zero-order valence-electron chi connectivity index (χ0n) is 9.55. The van der Waals surface area contributed by atoms with Gasteiger partial charge in [0.15, 0.2) is 4.34 Å². The first-order valence-corrected chi connectivity index (χ1v) is 6.91. The molecule has 0 saturated heterocycles. The third kappa shape index (κ3) is 3.62. The Morgan fingerprint density at radius 2 is 2.21 bits per heavy atom. The molecule has 2 aromatic rings. The van der Waals surface area contributed by atoms with E-state index in [1.54, 1.807) is 24.3 Å². The summed E-state index contributed by atoms with van der Waals surface area (Å²) in [5.41, 5.74) is 5.77. The van der Waals surface area contributed by atoms with Gasteiger partial charge in [-0.05, 0) is 23.9 Å². The lowest BCUT2D eigenvalue weighted by Crippen LogP contribution is -2.35. The fraction of sp³-hybridized carbons (Fsp3) is 0.273. The number of nitrogens with two attached hydrogens (primary N) is 1. The molecular formula is C11H10F2N2O2S2. The van der Waals surface area contributed by atoms with E-state index in [2.05, 4.69) is 4.98 Å². The van der Waals surface area contributed by atoms with Crippen LogP contribution in [0.3, 0.4) is 0 Å². The molecule has 0 amide bonds. The molecule has 0 fully saturated rings. The largest absolute Gasteiger partial charge is 0.480 e. The van der Waals surface area contributed by atoms with Crippen molar-refractivity contribution in [3.8, 4) is 0 Å². The Hall–Kier alpha value is -1.25. The maximum atomic E-state index is 13.6. The zero-order chi connectivity index (χ0) is 14.0. The van der Waals surface area contributed by atoms with Crippen molar-refractivity contribution >= 4 is 39.3 Å². The Kier molecular flexibility index (Phi) is 4.02. The molecule has 0 aliphatic heterocycles. The minimum atomic E-state index is -3.26. The van der Waals surface area contributed by atoms with Gasteiger partial charge in [-0.3, -0.25) is 4.79 Å². The normalized spacial score (nSPS) is 13.6. The molecule has 102 valence electrons. The summed E-state index contributed by atoms with van der Waals surface area (Å²) in [5.74, 6) is -1.44. The van der Waals surface area contributed by atoms with Crippen molar-refractivity contribution in [2.45, 2.75) is 22.1 Å². The van der Waals surface area contributed by atoms with Crippen LogP contribution in [0.1, 0.15) is 6.42 Å². The first-order valence-electron chi connectivity index (χ1n) is 5.28. The molecule has 0 aliphatic rings. The SMILES string of the molecule is NC(CC(F)(F)Sc1nc2ccccc2s1)C(=O)O. The van der Waals surface area contributed by atoms with Crippen molar-refractivity contribution in [2.75, 3.05) is 0 Å². The molecule has 2 rings (SSSR count). The van der Waals surface area contributed by atoms with E-state index in [1.807, 2.05) is 0 Å². The summed E-state index contributed by atoms with van der Waals surface area (Å²) >= 11 is 1.39. The molecule has 0 spiro atoms. The fourth-order valence-electron chi connectivity index (χ4n) is 1.41. The van der Waals surface area contributed by atoms with Gasteiger partial charge in [-0.2, -0.15) is 8.78 Å². The molecule has 8 heteroatoms. The molecule has 19 heavy (non-hydrogen) atoms. The number of carboxylic acids is 1. The van der Waals surface area contributed by atoms with Gasteiger partial charge in [0.2, 0.25) is 0 Å². The minimum absolute atomic E-state index is 0.198. The maximum Gasteiger partial charge on any atom is 0.320 e. The van der Waals surface area contributed by atoms with E-state index in [0.29, 0.717) is 5.52 Å². The van der Waals surface area contributed by atoms with Gasteiger partial charge in [-0.1, -0.05) is 12.1 Å². The average molecular weight is 304 g/mol. The maximum absolute atomic E-state index is 13.6. The molecule has 0 saturated carbocycles. The van der Waals surface area contributed by atoms with Gasteiger partial charge in [0.1, 0.15) is 6.04 Å². The van der Waals surface area contributed by atoms with Gasteiger partial charge in [0.05, 0.1) is 10.2 Å². The lowest BCUT2D eigenvalue weighted by molar-refractivity contribution is -0.139. The number of hydrogen-bond donors (Lipinski definition) is 2. The van der Waals surface area contributed by atoms with Crippen LogP contribution in [-0.2, 0) is 4.79 Å². The van der Waals surface area contributed by atoms with Crippen molar-refractivity contribution in [3.63, 3.8) is 0 Å². The number of para-hydroxylation sites is 1. The van der Waals surface area contributed by atoms with Gasteiger partial charge in [-0.15, -0.1) is 11.3 Å². The predicted molar refractivity (Wildman–Crippen MR) is 70.7 cm³/mol. The molecule has 4 nitrogen and oxygen atoms in total. The van der Waals surface area contributed by atoms with Crippen LogP contribution in [0.5, 0.6) is 0 Å². The highest BCUT2D eigenvalue weighted by Gasteiger charge is 2.36. The van der Waals surface area contributed by atoms with Crippen LogP contribution in [0.2, 0.25) is 0 Å². The molecule has 0 aliphatic carbocycles. The lowest BCUT2D eigenvalue weighted by Gasteiger charge is -2.16. The molecule has 1 atom stereocenters. The van der Waals surface area contributed by atoms with Crippen LogP contribution >= 0.6 is 23.1 Å². The Balaban J connectivity index is 2.12. The number of carbonyl (C=O) groups is 1. The van der Waals surface area contributed by atoms with Gasteiger partial charge >= 0.3 is 11.2 Å². The van der Waals surface area contributed by atoms with Crippen LogP contribution in [0.25, 0.3) is 10.2 Å². The fourth-order valence-corrected chi connectivity index (χ4v) is 3.57. The smallest absolute Gasteiger partial charge is 0.320 e. The number of aromatic nitrogens is 1. The molecule has 1 aromatic heterocycles. The second-order valence-corrected chi connectivity index (χ2v) is 6.31. The summed E-state index contributed by atoms with van der Waals surface area (Å²) in [5, 5.41) is 5.29. The monoisotopic (exact) mass is 304 g/mol. The molecule has 0 radical (unpaired) electrons. The number of carboxylic acid groups (broad SMARTS) is 1. The molecule has 1 heterocycles. The third-order valence-corrected chi connectivity index (χ3v) is 4.35. The number of halogens is 2. The first-order chi connectivity index (χ1) is 8.87. The minimum Gasteiger partial charge on any atom is -0.480 e. The Bertz CT molecular complexity index is 570. The van der Waals surface area contributed by atoms with E-state index < -0.39 is 23.7 Å². The summed E-state index contributed by atoms with van der Waals surface area (Å²) in [6.07, 6.45) is -0.928. The second kappa shape index (κ2) is 5.40. The number of nitrogens with zero attached hydrogens (tertiary/aromatic N) is 1. The van der Waals surface area contributed by atoms with E-state index >= 15 is 0 Å². The van der Waals surface area contributed by atoms with E-state index in [1.165, 1.54) is 0 Å². The van der Waals surface area contributed by atoms with Crippen LogP contribution < -0.4 is 5.73 Å². The zero-order valence-corrected chi connectivity index (χ0v) is 11.2. The predicted octanol–water partition coefficient (Wildman–Crippen LogP) is 2.78. The topological polar surface area (TPSA) is 76.2 Å². The van der Waals surface area contributed by atoms with E-state index in [-0.39, 0.29) is 16.1 Å². The van der Waals surface area contributed by atoms with Crippen molar-refractivity contribution in [1.29, 1.82) is 0 Å². The van der Waals surface area contributed by atoms with Crippen LogP contribution in [0, 0.1) is 0 Å². The van der Waals surface area contributed by atoms with Crippen molar-refractivity contribution in [2.24, 2.45) is 5.73 Å². The molecule has 3 N–H and O–H groups in total. The van der Waals surface area contributed by atoms with Gasteiger partial charge in [0.25, 0.3) is 0 Å². The number of aliphatic carboxylic acids is 1. The van der Waals surface area contributed by atoms with Crippen LogP contribution in [0.4, 0.5) is 8.78 Å². The van der Waals surface area contributed by atoms with E-state index in [4.69, 9.17) is 10.8 Å². The molecule has 1 aromatic carbocycles. The van der Waals surface area contributed by atoms with Gasteiger partial charge in [-0.25, -0.2) is 4.98 Å². The summed E-state index contributed by atoms with van der Waals surface area (Å²) in [4.78, 5) is 14.6. The Labute approximate surface area is 115 Å². The van der Waals surface area contributed by atoms with E-state index in [9.17, 15) is 13.6 Å². The number of rotatable bonds is 5. The average Bonchev–Trinajstić information content (AvgIpc) is 2.68. The van der Waals surface area contributed by atoms with E-state index in [0.717, 1.165) is 16.0 Å². The number of benzene rings is 1. The first kappa shape index (κ1) is 14.2. The molecule has 1 unspecified atom stereocenters. The van der Waals surface area contributed by atoms with Crippen LogP contribution in [-0.4, -0.2) is 27.4 Å². The summed E-state index contributed by atoms with van der Waals surface area (Å²) in [6, 6.07) is 5.51. The van der Waals surface area contributed by atoms with Crippen molar-refractivity contribution in [3.05, 3.63) is 24.3 Å². The van der Waals surface area contributed by atoms with Gasteiger partial charge < -0.3 is 10.8 Å². The number of thiazole rings is 1. The molecular weight excluding hydrogens is 294 g/mol. The Morgan fingerprint density at radius 3 is 2.84 bits per heavy atom. The van der Waals surface area contributed by atoms with Crippen molar-refractivity contribution < 1.29 is 18.7 Å². The number of thioether (sulfide) groups is 1. The number of hydrogen-bond acceptors (Lipinski definition) is 5. The highest BCUT2D eigenvalue weighted by molar-refractivity contribution is 8.02. The quantitative estimate of drug-likeness (QED) is 0.831. The summed E-state index contributed by atoms with van der Waals surface area (Å²) < 4.78 is 28.3. The lowest BCUT2D eigenvalue weighted by atomic mass is 10.2. The standard InChI is InChI=1S/C11H10F2N2O2S2/c12-11(13,5-6(14)9(16)17)19-10-15-7-3-1-2-4-8(7)18-10/h1-4,6H,5,14H2,(H,16,17).